The number of aromatic nitrogens is 3. The van der Waals surface area contributed by atoms with Crippen molar-refractivity contribution in [2.75, 3.05) is 13.1 Å². The molecule has 0 aliphatic carbocycles. The second kappa shape index (κ2) is 7.60. The highest BCUT2D eigenvalue weighted by molar-refractivity contribution is 5.94. The number of hydrogen-bond acceptors (Lipinski definition) is 3. The number of carbonyl (C=O) groups excluding carboxylic acids is 1. The molecular formula is C21H28N4O. The maximum Gasteiger partial charge on any atom is 0.253 e. The zero-order valence-corrected chi connectivity index (χ0v) is 15.7. The second-order valence-electron chi connectivity index (χ2n) is 7.58. The van der Waals surface area contributed by atoms with Crippen LogP contribution in [0.3, 0.4) is 0 Å². The molecule has 1 fully saturated rings. The molecule has 1 saturated heterocycles. The lowest BCUT2D eigenvalue weighted by Crippen LogP contribution is -2.39. The normalized spacial score (nSPS) is 20.5. The first kappa shape index (κ1) is 17.3. The molecule has 0 spiro atoms. The summed E-state index contributed by atoms with van der Waals surface area (Å²) in [6.07, 6.45) is 7.84. The van der Waals surface area contributed by atoms with E-state index in [0.29, 0.717) is 5.92 Å². The van der Waals surface area contributed by atoms with Crippen LogP contribution in [0.25, 0.3) is 0 Å². The third-order valence-electron chi connectivity index (χ3n) is 5.82. The van der Waals surface area contributed by atoms with Crippen molar-refractivity contribution in [2.24, 2.45) is 0 Å². The van der Waals surface area contributed by atoms with Crippen LogP contribution in [-0.4, -0.2) is 38.7 Å². The molecule has 4 rings (SSSR count). The minimum atomic E-state index is 0.146. The van der Waals surface area contributed by atoms with E-state index in [9.17, 15) is 4.79 Å². The van der Waals surface area contributed by atoms with E-state index in [1.54, 1.807) is 0 Å². The van der Waals surface area contributed by atoms with Gasteiger partial charge in [0, 0.05) is 37.5 Å². The van der Waals surface area contributed by atoms with Gasteiger partial charge in [-0.3, -0.25) is 4.79 Å². The van der Waals surface area contributed by atoms with Crippen LogP contribution in [0.5, 0.6) is 0 Å². The summed E-state index contributed by atoms with van der Waals surface area (Å²) in [7, 11) is 0. The molecule has 1 aromatic heterocycles. The maximum absolute atomic E-state index is 12.9. The summed E-state index contributed by atoms with van der Waals surface area (Å²) < 4.78 is 2.34. The molecule has 0 unspecified atom stereocenters. The molecule has 3 heterocycles. The molecule has 5 heteroatoms. The molecule has 5 nitrogen and oxygen atoms in total. The Balaban J connectivity index is 1.50. The Kier molecular flexibility index (Phi) is 5.05. The van der Waals surface area contributed by atoms with Crippen molar-refractivity contribution in [3.05, 3.63) is 47.0 Å². The van der Waals surface area contributed by atoms with Crippen molar-refractivity contribution in [1.82, 2.24) is 19.7 Å². The first-order chi connectivity index (χ1) is 12.8. The molecule has 0 radical (unpaired) electrons. The summed E-state index contributed by atoms with van der Waals surface area (Å²) in [5, 5.41) is 8.98. The van der Waals surface area contributed by atoms with Crippen molar-refractivity contribution in [1.29, 1.82) is 0 Å². The molecule has 1 amide bonds. The number of benzene rings is 1. The first-order valence-electron chi connectivity index (χ1n) is 10.1. The topological polar surface area (TPSA) is 51.0 Å². The molecule has 2 aliphatic heterocycles. The number of piperidine rings is 1. The highest BCUT2D eigenvalue weighted by atomic mass is 16.2. The van der Waals surface area contributed by atoms with E-state index in [1.807, 2.05) is 17.0 Å². The number of likely N-dealkylation sites (tertiary alicyclic amines) is 1. The lowest BCUT2D eigenvalue weighted by molar-refractivity contribution is 0.0703. The summed E-state index contributed by atoms with van der Waals surface area (Å²) in [4.78, 5) is 14.9. The highest BCUT2D eigenvalue weighted by Crippen LogP contribution is 2.28. The smallest absolute Gasteiger partial charge is 0.253 e. The number of rotatable bonds is 3. The van der Waals surface area contributed by atoms with Gasteiger partial charge in [-0.25, -0.2) is 0 Å². The van der Waals surface area contributed by atoms with Crippen molar-refractivity contribution in [3.63, 3.8) is 0 Å². The predicted octanol–water partition coefficient (Wildman–Crippen LogP) is 3.59. The molecule has 2 aliphatic rings. The monoisotopic (exact) mass is 352 g/mol. The molecule has 138 valence electrons. The van der Waals surface area contributed by atoms with Crippen LogP contribution in [0.1, 0.15) is 72.5 Å². The Morgan fingerprint density at radius 2 is 1.92 bits per heavy atom. The zero-order chi connectivity index (χ0) is 17.9. The summed E-state index contributed by atoms with van der Waals surface area (Å²) in [6, 6.07) is 8.06. The molecule has 0 saturated carbocycles. The Bertz CT molecular complexity index is 765. The number of nitrogens with zero attached hydrogens (tertiary/aromatic N) is 4. The second-order valence-corrected chi connectivity index (χ2v) is 7.58. The van der Waals surface area contributed by atoms with E-state index in [-0.39, 0.29) is 5.91 Å². The average Bonchev–Trinajstić information content (AvgIpc) is 2.96. The fraction of sp³-hybridized carbons (Fsp3) is 0.571. The number of amides is 1. The van der Waals surface area contributed by atoms with E-state index in [1.165, 1.54) is 24.8 Å². The summed E-state index contributed by atoms with van der Waals surface area (Å²) in [6.45, 7) is 4.76. The highest BCUT2D eigenvalue weighted by Gasteiger charge is 2.29. The lowest BCUT2D eigenvalue weighted by atomic mass is 9.96. The van der Waals surface area contributed by atoms with Gasteiger partial charge >= 0.3 is 0 Å². The molecular weight excluding hydrogens is 324 g/mol. The third-order valence-corrected chi connectivity index (χ3v) is 5.82. The van der Waals surface area contributed by atoms with Crippen LogP contribution < -0.4 is 0 Å². The van der Waals surface area contributed by atoms with Gasteiger partial charge in [0.1, 0.15) is 11.6 Å². The van der Waals surface area contributed by atoms with Gasteiger partial charge in [-0.05, 0) is 49.8 Å². The minimum absolute atomic E-state index is 0.146. The van der Waals surface area contributed by atoms with Crippen LogP contribution in [0.4, 0.5) is 0 Å². The van der Waals surface area contributed by atoms with E-state index >= 15 is 0 Å². The van der Waals surface area contributed by atoms with Crippen molar-refractivity contribution in [3.8, 4) is 0 Å². The molecule has 0 N–H and O–H groups in total. The summed E-state index contributed by atoms with van der Waals surface area (Å²) in [5.74, 6) is 2.69. The van der Waals surface area contributed by atoms with Crippen LogP contribution >= 0.6 is 0 Å². The van der Waals surface area contributed by atoms with Crippen molar-refractivity contribution < 1.29 is 4.79 Å². The number of aryl methyl sites for hydroxylation is 2. The maximum atomic E-state index is 12.9. The van der Waals surface area contributed by atoms with Crippen LogP contribution in [0.2, 0.25) is 0 Å². The van der Waals surface area contributed by atoms with E-state index in [4.69, 9.17) is 0 Å². The Morgan fingerprint density at radius 3 is 2.73 bits per heavy atom. The number of carbonyl (C=O) groups is 1. The zero-order valence-electron chi connectivity index (χ0n) is 15.7. The standard InChI is InChI=1S/C21H28N4O/c1-2-16-9-11-17(12-10-16)21(26)24-13-6-7-18(15-24)20-23-22-19-8-4-3-5-14-25(19)20/h9-12,18H,2-8,13-15H2,1H3/t18-/m1/s1. The summed E-state index contributed by atoms with van der Waals surface area (Å²) >= 11 is 0. The van der Waals surface area contributed by atoms with E-state index in [0.717, 1.165) is 62.5 Å². The predicted molar refractivity (Wildman–Crippen MR) is 101 cm³/mol. The van der Waals surface area contributed by atoms with Gasteiger partial charge in [-0.2, -0.15) is 0 Å². The van der Waals surface area contributed by atoms with Gasteiger partial charge in [0.15, 0.2) is 0 Å². The lowest BCUT2D eigenvalue weighted by Gasteiger charge is -2.32. The van der Waals surface area contributed by atoms with Crippen LogP contribution in [0, 0.1) is 0 Å². The Morgan fingerprint density at radius 1 is 1.08 bits per heavy atom. The quantitative estimate of drug-likeness (QED) is 0.848. The third kappa shape index (κ3) is 3.39. The molecule has 1 atom stereocenters. The van der Waals surface area contributed by atoms with Crippen molar-refractivity contribution >= 4 is 5.91 Å². The Hall–Kier alpha value is -2.17. The van der Waals surface area contributed by atoms with Gasteiger partial charge in [0.05, 0.1) is 0 Å². The minimum Gasteiger partial charge on any atom is -0.338 e. The van der Waals surface area contributed by atoms with E-state index < -0.39 is 0 Å². The average molecular weight is 352 g/mol. The molecule has 2 aromatic rings. The van der Waals surface area contributed by atoms with Gasteiger partial charge in [-0.15, -0.1) is 10.2 Å². The van der Waals surface area contributed by atoms with Gasteiger partial charge in [0.2, 0.25) is 0 Å². The molecule has 1 aromatic carbocycles. The first-order valence-corrected chi connectivity index (χ1v) is 10.1. The SMILES string of the molecule is CCc1ccc(C(=O)N2CCC[C@@H](c3nnc4n3CCCCC4)C2)cc1. The van der Waals surface area contributed by atoms with Crippen molar-refractivity contribution in [2.45, 2.75) is 64.3 Å². The molecule has 26 heavy (non-hydrogen) atoms. The number of hydrogen-bond donors (Lipinski definition) is 0. The van der Waals surface area contributed by atoms with Crippen LogP contribution in [-0.2, 0) is 19.4 Å². The number of fused-ring (bicyclic) bond motifs is 1. The fourth-order valence-electron chi connectivity index (χ4n) is 4.25. The largest absolute Gasteiger partial charge is 0.338 e. The van der Waals surface area contributed by atoms with Gasteiger partial charge in [-0.1, -0.05) is 25.5 Å². The van der Waals surface area contributed by atoms with Gasteiger partial charge in [0.25, 0.3) is 5.91 Å². The Labute approximate surface area is 155 Å². The van der Waals surface area contributed by atoms with Crippen LogP contribution in [0.15, 0.2) is 24.3 Å². The van der Waals surface area contributed by atoms with Gasteiger partial charge < -0.3 is 9.47 Å². The fourth-order valence-corrected chi connectivity index (χ4v) is 4.25. The molecule has 0 bridgehead atoms. The summed E-state index contributed by atoms with van der Waals surface area (Å²) in [5.41, 5.74) is 2.06. The van der Waals surface area contributed by atoms with E-state index in [2.05, 4.69) is 33.8 Å².